The molecule has 0 radical (unpaired) electrons. The van der Waals surface area contributed by atoms with Crippen molar-refractivity contribution in [3.63, 3.8) is 0 Å². The van der Waals surface area contributed by atoms with Crippen LogP contribution in [-0.2, 0) is 26.0 Å². The second-order valence-electron chi connectivity index (χ2n) is 6.18. The van der Waals surface area contributed by atoms with Gasteiger partial charge in [-0.05, 0) is 33.5 Å². The summed E-state index contributed by atoms with van der Waals surface area (Å²) in [4.78, 5) is 12.3. The van der Waals surface area contributed by atoms with Crippen LogP contribution in [0.15, 0.2) is 66.7 Å². The maximum atomic E-state index is 12.3. The lowest BCUT2D eigenvalue weighted by Crippen LogP contribution is -1.98. The summed E-state index contributed by atoms with van der Waals surface area (Å²) in [6.45, 7) is 0.218. The van der Waals surface area contributed by atoms with Gasteiger partial charge in [0.15, 0.2) is 0 Å². The molecular weight excluding hydrogens is 348 g/mol. The van der Waals surface area contributed by atoms with Crippen LogP contribution in [0.3, 0.4) is 0 Å². The Bertz CT molecular complexity index is 1100. The lowest BCUT2D eigenvalue weighted by molar-refractivity contribution is -0.133. The first kappa shape index (κ1) is 16.5. The first-order valence-corrected chi connectivity index (χ1v) is 9.58. The summed E-state index contributed by atoms with van der Waals surface area (Å²) in [6.07, 6.45) is 0. The molecule has 0 spiro atoms. The van der Waals surface area contributed by atoms with Crippen molar-refractivity contribution in [2.75, 3.05) is 6.61 Å². The third-order valence-corrected chi connectivity index (χ3v) is 5.13. The minimum Gasteiger partial charge on any atom is -0.457 e. The zero-order valence-corrected chi connectivity index (χ0v) is 14.7. The molecule has 0 unspecified atom stereocenters. The molecule has 4 rings (SSSR count). The van der Waals surface area contributed by atoms with Gasteiger partial charge in [-0.15, -0.1) is 0 Å². The fraction of sp³-hybridized carbons (Fsp3) is 0.0952. The highest BCUT2D eigenvalue weighted by atomic mass is 32.2. The molecule has 130 valence electrons. The highest BCUT2D eigenvalue weighted by Crippen LogP contribution is 2.34. The van der Waals surface area contributed by atoms with Crippen molar-refractivity contribution < 1.29 is 17.9 Å². The Kier molecular flexibility index (Phi) is 4.31. The quantitative estimate of drug-likeness (QED) is 0.569. The second-order valence-corrected chi connectivity index (χ2v) is 7.16. The van der Waals surface area contributed by atoms with E-state index in [9.17, 15) is 13.2 Å². The van der Waals surface area contributed by atoms with E-state index in [1.165, 1.54) is 0 Å². The van der Waals surface area contributed by atoms with Gasteiger partial charge in [-0.3, -0.25) is 0 Å². The smallest absolute Gasteiger partial charge is 0.339 e. The minimum atomic E-state index is -2.46. The van der Waals surface area contributed by atoms with Crippen LogP contribution >= 0.6 is 0 Å². The SMILES string of the molecule is O=C1OCC(c2ccc(C[SH](=O)=O)cc2)=C1c1ccc2ccccc2c1. The summed E-state index contributed by atoms with van der Waals surface area (Å²) >= 11 is 0. The average molecular weight is 364 g/mol. The maximum Gasteiger partial charge on any atom is 0.339 e. The average Bonchev–Trinajstić information content (AvgIpc) is 3.03. The Labute approximate surface area is 152 Å². The third-order valence-electron chi connectivity index (χ3n) is 4.51. The Morgan fingerprint density at radius 3 is 2.27 bits per heavy atom. The molecule has 4 nitrogen and oxygen atoms in total. The van der Waals surface area contributed by atoms with E-state index in [-0.39, 0.29) is 18.3 Å². The number of carbonyl (C=O) groups is 1. The van der Waals surface area contributed by atoms with Crippen molar-refractivity contribution in [1.82, 2.24) is 0 Å². The summed E-state index contributed by atoms with van der Waals surface area (Å²) in [7, 11) is -2.46. The molecule has 0 N–H and O–H groups in total. The standard InChI is InChI=1S/C21H16O4S/c22-21-20(18-10-9-15-3-1-2-4-17(15)11-18)19(12-25-21)16-7-5-14(6-8-16)13-26(23)24/h1-11,26H,12-13H2. The van der Waals surface area contributed by atoms with Gasteiger partial charge in [0.2, 0.25) is 0 Å². The molecule has 1 aliphatic heterocycles. The number of cyclic esters (lactones) is 1. The van der Waals surface area contributed by atoms with Gasteiger partial charge >= 0.3 is 5.97 Å². The first-order chi connectivity index (χ1) is 12.6. The van der Waals surface area contributed by atoms with Crippen LogP contribution in [0.2, 0.25) is 0 Å². The summed E-state index contributed by atoms with van der Waals surface area (Å²) < 4.78 is 27.0. The lowest BCUT2D eigenvalue weighted by Gasteiger charge is -2.07. The third kappa shape index (κ3) is 3.13. The van der Waals surface area contributed by atoms with Crippen molar-refractivity contribution >= 4 is 38.6 Å². The maximum absolute atomic E-state index is 12.3. The molecule has 5 heteroatoms. The Morgan fingerprint density at radius 1 is 0.846 bits per heavy atom. The molecule has 26 heavy (non-hydrogen) atoms. The summed E-state index contributed by atoms with van der Waals surface area (Å²) in [5, 5.41) is 2.17. The molecule has 0 saturated carbocycles. The van der Waals surface area contributed by atoms with Crippen molar-refractivity contribution in [3.8, 4) is 0 Å². The van der Waals surface area contributed by atoms with Gasteiger partial charge in [0, 0.05) is 5.57 Å². The molecule has 0 atom stereocenters. The molecule has 1 aliphatic rings. The number of hydrogen-bond donors (Lipinski definition) is 1. The van der Waals surface area contributed by atoms with Crippen LogP contribution in [0.1, 0.15) is 16.7 Å². The van der Waals surface area contributed by atoms with Crippen LogP contribution in [-0.4, -0.2) is 21.0 Å². The molecule has 1 heterocycles. The van der Waals surface area contributed by atoms with Gasteiger partial charge in [0.05, 0.1) is 11.3 Å². The number of thiol groups is 1. The lowest BCUT2D eigenvalue weighted by atomic mass is 9.94. The van der Waals surface area contributed by atoms with Crippen molar-refractivity contribution in [1.29, 1.82) is 0 Å². The largest absolute Gasteiger partial charge is 0.457 e. The van der Waals surface area contributed by atoms with E-state index in [2.05, 4.69) is 0 Å². The van der Waals surface area contributed by atoms with E-state index in [0.29, 0.717) is 5.57 Å². The van der Waals surface area contributed by atoms with Crippen LogP contribution in [0.25, 0.3) is 21.9 Å². The number of ether oxygens (including phenoxy) is 1. The Morgan fingerprint density at radius 2 is 1.54 bits per heavy atom. The molecule has 0 aliphatic carbocycles. The molecule has 0 fully saturated rings. The predicted molar refractivity (Wildman–Crippen MR) is 102 cm³/mol. The number of esters is 1. The highest BCUT2D eigenvalue weighted by molar-refractivity contribution is 7.71. The van der Waals surface area contributed by atoms with E-state index < -0.39 is 10.7 Å². The van der Waals surface area contributed by atoms with Gasteiger partial charge < -0.3 is 4.74 Å². The van der Waals surface area contributed by atoms with Crippen LogP contribution in [0.5, 0.6) is 0 Å². The Hall–Kier alpha value is -2.92. The molecule has 0 aromatic heterocycles. The minimum absolute atomic E-state index is 0.0155. The van der Waals surface area contributed by atoms with Gasteiger partial charge in [0.25, 0.3) is 0 Å². The molecule has 0 saturated heterocycles. The zero-order chi connectivity index (χ0) is 18.1. The molecule has 3 aromatic carbocycles. The second kappa shape index (κ2) is 6.77. The fourth-order valence-electron chi connectivity index (χ4n) is 3.23. The number of hydrogen-bond acceptors (Lipinski definition) is 4. The highest BCUT2D eigenvalue weighted by Gasteiger charge is 2.27. The van der Waals surface area contributed by atoms with Crippen molar-refractivity contribution in [2.45, 2.75) is 5.75 Å². The fourth-order valence-corrected chi connectivity index (χ4v) is 3.74. The molecule has 0 bridgehead atoms. The summed E-state index contributed by atoms with van der Waals surface area (Å²) in [5.74, 6) is -0.316. The monoisotopic (exact) mass is 364 g/mol. The number of benzene rings is 3. The van der Waals surface area contributed by atoms with Gasteiger partial charge in [-0.25, -0.2) is 13.2 Å². The predicted octanol–water partition coefficient (Wildman–Crippen LogP) is 3.42. The van der Waals surface area contributed by atoms with Gasteiger partial charge in [-0.1, -0.05) is 60.7 Å². The van der Waals surface area contributed by atoms with Crippen LogP contribution < -0.4 is 0 Å². The summed E-state index contributed by atoms with van der Waals surface area (Å²) in [6, 6.07) is 21.1. The topological polar surface area (TPSA) is 60.4 Å². The number of carbonyl (C=O) groups excluding carboxylic acids is 1. The van der Waals surface area contributed by atoms with E-state index in [0.717, 1.165) is 33.0 Å². The van der Waals surface area contributed by atoms with Crippen LogP contribution in [0.4, 0.5) is 0 Å². The molecule has 0 amide bonds. The van der Waals surface area contributed by atoms with E-state index in [1.54, 1.807) is 12.1 Å². The molecule has 3 aromatic rings. The molecular formula is C21H16O4S. The Balaban J connectivity index is 1.79. The summed E-state index contributed by atoms with van der Waals surface area (Å²) in [5.41, 5.74) is 3.81. The van der Waals surface area contributed by atoms with E-state index in [4.69, 9.17) is 4.74 Å². The van der Waals surface area contributed by atoms with Gasteiger partial charge in [0.1, 0.15) is 17.3 Å². The van der Waals surface area contributed by atoms with Crippen molar-refractivity contribution in [3.05, 3.63) is 83.4 Å². The van der Waals surface area contributed by atoms with Crippen molar-refractivity contribution in [2.24, 2.45) is 0 Å². The zero-order valence-electron chi connectivity index (χ0n) is 13.8. The first-order valence-electron chi connectivity index (χ1n) is 8.22. The van der Waals surface area contributed by atoms with E-state index >= 15 is 0 Å². The number of rotatable bonds is 4. The van der Waals surface area contributed by atoms with Crippen LogP contribution in [0, 0.1) is 0 Å². The van der Waals surface area contributed by atoms with Gasteiger partial charge in [-0.2, -0.15) is 0 Å². The number of fused-ring (bicyclic) bond motifs is 1. The van der Waals surface area contributed by atoms with E-state index in [1.807, 2.05) is 54.6 Å². The normalized spacial score (nSPS) is 14.3.